The number of aryl methyl sites for hydroxylation is 1. The monoisotopic (exact) mass is 502 g/mol. The number of carbonyl (C=O) groups is 1. The number of benzene rings is 3. The molecule has 0 atom stereocenters. The number of amides is 1. The van der Waals surface area contributed by atoms with Crippen molar-refractivity contribution in [3.05, 3.63) is 94.0 Å². The van der Waals surface area contributed by atoms with Crippen molar-refractivity contribution in [1.82, 2.24) is 0 Å². The van der Waals surface area contributed by atoms with Gasteiger partial charge in [0.25, 0.3) is 5.91 Å². The van der Waals surface area contributed by atoms with E-state index in [1.54, 1.807) is 0 Å². The molecule has 5 rings (SSSR count). The predicted octanol–water partition coefficient (Wildman–Crippen LogP) is 4.72. The van der Waals surface area contributed by atoms with Gasteiger partial charge in [0.05, 0.1) is 24.5 Å². The van der Waals surface area contributed by atoms with E-state index in [4.69, 9.17) is 4.99 Å². The van der Waals surface area contributed by atoms with E-state index >= 15 is 0 Å². The van der Waals surface area contributed by atoms with Gasteiger partial charge in [0, 0.05) is 10.0 Å². The first-order chi connectivity index (χ1) is 16.1. The van der Waals surface area contributed by atoms with Gasteiger partial charge in [-0.25, -0.2) is 4.99 Å². The number of para-hydroxylation sites is 1. The number of carbonyl (C=O) groups excluding carboxylic acids is 1. The number of hydrogen-bond donors (Lipinski definition) is 1. The number of fused-ring (bicyclic) bond motifs is 1. The van der Waals surface area contributed by atoms with Crippen LogP contribution in [0.1, 0.15) is 29.5 Å². The average molecular weight is 503 g/mol. The van der Waals surface area contributed by atoms with Crippen molar-refractivity contribution >= 4 is 38.9 Å². The summed E-state index contributed by atoms with van der Waals surface area (Å²) in [5, 5.41) is 0. The van der Waals surface area contributed by atoms with Gasteiger partial charge < -0.3 is 4.90 Å². The molecule has 1 fully saturated rings. The van der Waals surface area contributed by atoms with E-state index in [1.165, 1.54) is 23.3 Å². The minimum atomic E-state index is 0.00630. The number of rotatable bonds is 5. The van der Waals surface area contributed by atoms with Crippen molar-refractivity contribution in [3.63, 3.8) is 0 Å². The van der Waals surface area contributed by atoms with E-state index in [9.17, 15) is 4.79 Å². The van der Waals surface area contributed by atoms with Crippen LogP contribution in [-0.4, -0.2) is 31.4 Å². The minimum Gasteiger partial charge on any atom is -0.317 e. The van der Waals surface area contributed by atoms with Crippen LogP contribution in [0.3, 0.4) is 0 Å². The Hall–Kier alpha value is -2.76. The Balaban J connectivity index is 1.30. The number of likely N-dealkylation sites (tertiary alicyclic amines) is 1. The maximum atomic E-state index is 13.5. The first kappa shape index (κ1) is 22.1. The highest BCUT2D eigenvalue weighted by Gasteiger charge is 2.36. The molecule has 2 aliphatic heterocycles. The summed E-state index contributed by atoms with van der Waals surface area (Å²) in [6, 6.07) is 24.8. The molecule has 1 amide bonds. The maximum Gasteiger partial charge on any atom is 0.281 e. The van der Waals surface area contributed by atoms with Gasteiger partial charge in [0.15, 0.2) is 6.67 Å². The molecule has 0 aromatic heterocycles. The van der Waals surface area contributed by atoms with Crippen LogP contribution in [0.15, 0.2) is 82.3 Å². The fraction of sp³-hybridized carbons (Fsp3) is 0.286. The van der Waals surface area contributed by atoms with Gasteiger partial charge in [-0.05, 0) is 61.4 Å². The molecule has 33 heavy (non-hydrogen) atoms. The first-order valence-electron chi connectivity index (χ1n) is 11.7. The summed E-state index contributed by atoms with van der Waals surface area (Å²) in [6.45, 7) is 4.94. The largest absolute Gasteiger partial charge is 0.317 e. The number of nitrogens with one attached hydrogen (secondary N) is 1. The number of anilines is 1. The number of hydrogen-bond acceptors (Lipinski definition) is 2. The number of halogens is 1. The van der Waals surface area contributed by atoms with Crippen LogP contribution < -0.4 is 9.80 Å². The Morgan fingerprint density at radius 3 is 2.48 bits per heavy atom. The van der Waals surface area contributed by atoms with E-state index in [2.05, 4.69) is 46.3 Å². The Kier molecular flexibility index (Phi) is 6.43. The standard InChI is InChI=1S/C28H28BrN3O/c1-20-11-12-23(18-25(20)29)30-27-24-9-5-6-10-26(24)32(28(27)33)19-31-15-13-22(14-16-31)17-21-7-3-2-4-8-21/h2-12,18,22H,13-17,19H2,1H3/p+1. The molecule has 2 aliphatic rings. The highest BCUT2D eigenvalue weighted by Crippen LogP contribution is 2.31. The normalized spacial score (nSPS) is 21.5. The Labute approximate surface area is 204 Å². The summed E-state index contributed by atoms with van der Waals surface area (Å²) in [6.07, 6.45) is 3.56. The number of quaternary nitrogens is 1. The summed E-state index contributed by atoms with van der Waals surface area (Å²) in [5.74, 6) is 0.738. The first-order valence-corrected chi connectivity index (χ1v) is 12.5. The van der Waals surface area contributed by atoms with Gasteiger partial charge in [-0.3, -0.25) is 9.69 Å². The molecule has 5 heteroatoms. The van der Waals surface area contributed by atoms with Gasteiger partial charge in [-0.15, -0.1) is 0 Å². The highest BCUT2D eigenvalue weighted by molar-refractivity contribution is 9.10. The van der Waals surface area contributed by atoms with E-state index in [0.29, 0.717) is 12.4 Å². The van der Waals surface area contributed by atoms with Gasteiger partial charge in [-0.1, -0.05) is 70.5 Å². The van der Waals surface area contributed by atoms with E-state index in [0.717, 1.165) is 52.4 Å². The molecule has 4 nitrogen and oxygen atoms in total. The molecular weight excluding hydrogens is 474 g/mol. The van der Waals surface area contributed by atoms with Crippen molar-refractivity contribution in [1.29, 1.82) is 0 Å². The Bertz CT molecular complexity index is 1180. The van der Waals surface area contributed by atoms with Crippen LogP contribution in [0.5, 0.6) is 0 Å². The Morgan fingerprint density at radius 1 is 1.00 bits per heavy atom. The van der Waals surface area contributed by atoms with Crippen LogP contribution in [0.25, 0.3) is 0 Å². The number of aliphatic imine (C=N–C) groups is 1. The smallest absolute Gasteiger partial charge is 0.281 e. The van der Waals surface area contributed by atoms with E-state index < -0.39 is 0 Å². The SMILES string of the molecule is Cc1ccc(N=C2C(=O)N(C[NH+]3CCC(Cc4ccccc4)CC3)c3ccccc32)cc1Br. The summed E-state index contributed by atoms with van der Waals surface area (Å²) >= 11 is 3.58. The molecule has 0 saturated carbocycles. The molecule has 3 aromatic carbocycles. The lowest BCUT2D eigenvalue weighted by Crippen LogP contribution is -3.14. The quantitative estimate of drug-likeness (QED) is 0.538. The second kappa shape index (κ2) is 9.62. The average Bonchev–Trinajstić information content (AvgIpc) is 3.09. The third-order valence-electron chi connectivity index (χ3n) is 6.86. The zero-order chi connectivity index (χ0) is 22.8. The van der Waals surface area contributed by atoms with Gasteiger partial charge in [0.1, 0.15) is 5.71 Å². The maximum absolute atomic E-state index is 13.5. The summed E-state index contributed by atoms with van der Waals surface area (Å²) in [7, 11) is 0. The van der Waals surface area contributed by atoms with Crippen molar-refractivity contribution in [2.45, 2.75) is 26.2 Å². The molecule has 0 bridgehead atoms. The predicted molar refractivity (Wildman–Crippen MR) is 137 cm³/mol. The zero-order valence-electron chi connectivity index (χ0n) is 18.9. The van der Waals surface area contributed by atoms with Crippen LogP contribution in [-0.2, 0) is 11.2 Å². The molecule has 0 radical (unpaired) electrons. The molecule has 1 saturated heterocycles. The molecular formula is C28H29BrN3O+. The third kappa shape index (κ3) is 4.80. The molecule has 0 unspecified atom stereocenters. The lowest BCUT2D eigenvalue weighted by atomic mass is 9.90. The van der Waals surface area contributed by atoms with Crippen LogP contribution in [0, 0.1) is 12.8 Å². The molecule has 1 N–H and O–H groups in total. The summed E-state index contributed by atoms with van der Waals surface area (Å²) < 4.78 is 1.00. The fourth-order valence-corrected chi connectivity index (χ4v) is 5.29. The number of nitrogens with zero attached hydrogens (tertiary/aromatic N) is 2. The highest BCUT2D eigenvalue weighted by atomic mass is 79.9. The van der Waals surface area contributed by atoms with Gasteiger partial charge in [-0.2, -0.15) is 0 Å². The molecule has 2 heterocycles. The fourth-order valence-electron chi connectivity index (χ4n) is 4.93. The van der Waals surface area contributed by atoms with Gasteiger partial charge in [0.2, 0.25) is 0 Å². The van der Waals surface area contributed by atoms with Crippen molar-refractivity contribution in [2.24, 2.45) is 10.9 Å². The Morgan fingerprint density at radius 2 is 1.73 bits per heavy atom. The molecule has 168 valence electrons. The summed E-state index contributed by atoms with van der Waals surface area (Å²) in [4.78, 5) is 21.6. The van der Waals surface area contributed by atoms with Crippen LogP contribution >= 0.6 is 15.9 Å². The van der Waals surface area contributed by atoms with Crippen molar-refractivity contribution < 1.29 is 9.69 Å². The van der Waals surface area contributed by atoms with Crippen molar-refractivity contribution in [3.8, 4) is 0 Å². The van der Waals surface area contributed by atoms with Crippen molar-refractivity contribution in [2.75, 3.05) is 24.7 Å². The lowest BCUT2D eigenvalue weighted by molar-refractivity contribution is -0.904. The number of piperidine rings is 1. The topological polar surface area (TPSA) is 37.1 Å². The second-order valence-electron chi connectivity index (χ2n) is 9.19. The lowest BCUT2D eigenvalue weighted by Gasteiger charge is -2.32. The summed E-state index contributed by atoms with van der Waals surface area (Å²) in [5.41, 5.74) is 5.82. The molecule has 0 spiro atoms. The third-order valence-corrected chi connectivity index (χ3v) is 7.71. The van der Waals surface area contributed by atoms with Crippen LogP contribution in [0.2, 0.25) is 0 Å². The van der Waals surface area contributed by atoms with E-state index in [-0.39, 0.29) is 5.91 Å². The molecule has 3 aromatic rings. The van der Waals surface area contributed by atoms with Gasteiger partial charge >= 0.3 is 0 Å². The van der Waals surface area contributed by atoms with E-state index in [1.807, 2.05) is 54.3 Å². The zero-order valence-corrected chi connectivity index (χ0v) is 20.5. The van der Waals surface area contributed by atoms with Crippen LogP contribution in [0.4, 0.5) is 11.4 Å². The second-order valence-corrected chi connectivity index (χ2v) is 10.0. The molecule has 0 aliphatic carbocycles. The minimum absolute atomic E-state index is 0.00630.